The van der Waals surface area contributed by atoms with Crippen molar-refractivity contribution in [1.29, 1.82) is 0 Å². The van der Waals surface area contributed by atoms with E-state index in [4.69, 9.17) is 23.9 Å². The van der Waals surface area contributed by atoms with E-state index in [1.807, 2.05) is 42.7 Å². The van der Waals surface area contributed by atoms with Crippen molar-refractivity contribution in [2.45, 2.75) is 52.2 Å². The van der Waals surface area contributed by atoms with Gasteiger partial charge in [0, 0.05) is 18.5 Å². The molecule has 0 aliphatic heterocycles. The number of ether oxygens (including phenoxy) is 4. The van der Waals surface area contributed by atoms with E-state index in [1.54, 1.807) is 12.1 Å². The summed E-state index contributed by atoms with van der Waals surface area (Å²) in [6, 6.07) is 11.0. The third-order valence-electron chi connectivity index (χ3n) is 5.68. The highest BCUT2D eigenvalue weighted by Gasteiger charge is 2.17. The first-order valence-corrected chi connectivity index (χ1v) is 12.1. The van der Waals surface area contributed by atoms with Crippen LogP contribution in [0, 0.1) is 0 Å². The molecule has 0 aliphatic rings. The van der Waals surface area contributed by atoms with Gasteiger partial charge in [0.25, 0.3) is 5.91 Å². The number of esters is 1. The summed E-state index contributed by atoms with van der Waals surface area (Å²) in [6.45, 7) is 4.35. The van der Waals surface area contributed by atoms with Crippen LogP contribution in [0.25, 0.3) is 11.0 Å². The summed E-state index contributed by atoms with van der Waals surface area (Å²) in [4.78, 5) is 29.7. The number of amides is 1. The van der Waals surface area contributed by atoms with Crippen LogP contribution in [0.15, 0.2) is 36.4 Å². The largest absolute Gasteiger partial charge is 0.493 e. The predicted molar refractivity (Wildman–Crippen MR) is 137 cm³/mol. The van der Waals surface area contributed by atoms with Gasteiger partial charge in [-0.3, -0.25) is 9.59 Å². The summed E-state index contributed by atoms with van der Waals surface area (Å²) >= 11 is 0. The Kier molecular flexibility index (Phi) is 9.55. The average Bonchev–Trinajstić information content (AvgIpc) is 3.21. The molecule has 0 unspecified atom stereocenters. The highest BCUT2D eigenvalue weighted by atomic mass is 16.5. The molecule has 0 saturated heterocycles. The summed E-state index contributed by atoms with van der Waals surface area (Å²) in [5.74, 6) is 1.69. The Bertz CT molecular complexity index is 1160. The first kappa shape index (κ1) is 26.8. The number of nitrogens with zero attached hydrogens (tertiary/aromatic N) is 2. The van der Waals surface area contributed by atoms with Crippen molar-refractivity contribution < 1.29 is 28.5 Å². The van der Waals surface area contributed by atoms with E-state index in [-0.39, 0.29) is 24.5 Å². The molecule has 0 bridgehead atoms. The number of carbonyl (C=O) groups is 2. The number of hydrogen-bond donors (Lipinski definition) is 1. The second kappa shape index (κ2) is 12.8. The fourth-order valence-electron chi connectivity index (χ4n) is 4.02. The van der Waals surface area contributed by atoms with Gasteiger partial charge in [0.15, 0.2) is 11.5 Å². The van der Waals surface area contributed by atoms with E-state index in [2.05, 4.69) is 5.32 Å². The standard InChI is InChI=1S/C27H35N3O6/c1-18(2)36-25(31)17-30-21-12-9-8-11-20(21)29-24(30)13-7-6-10-14-28-27(32)19-15-22(33-3)26(35-5)23(16-19)34-4/h8-9,11-12,15-16,18H,6-7,10,13-14,17H2,1-5H3,(H,28,32). The number of benzene rings is 2. The predicted octanol–water partition coefficient (Wildman–Crippen LogP) is 4.16. The van der Waals surface area contributed by atoms with Gasteiger partial charge in [-0.25, -0.2) is 4.98 Å². The van der Waals surface area contributed by atoms with Crippen molar-refractivity contribution in [2.24, 2.45) is 0 Å². The van der Waals surface area contributed by atoms with Crippen molar-refractivity contribution in [1.82, 2.24) is 14.9 Å². The fourth-order valence-corrected chi connectivity index (χ4v) is 4.02. The number of fused-ring (bicyclic) bond motifs is 1. The molecule has 1 aromatic heterocycles. The van der Waals surface area contributed by atoms with Crippen molar-refractivity contribution in [3.05, 3.63) is 47.8 Å². The first-order valence-electron chi connectivity index (χ1n) is 12.1. The molecule has 1 N–H and O–H groups in total. The summed E-state index contributed by atoms with van der Waals surface area (Å²) in [7, 11) is 4.55. The lowest BCUT2D eigenvalue weighted by atomic mass is 10.1. The number of carbonyl (C=O) groups excluding carboxylic acids is 2. The van der Waals surface area contributed by atoms with Gasteiger partial charge in [-0.2, -0.15) is 0 Å². The molecule has 1 amide bonds. The van der Waals surface area contributed by atoms with Crippen LogP contribution in [0.4, 0.5) is 0 Å². The monoisotopic (exact) mass is 497 g/mol. The average molecular weight is 498 g/mol. The number of aromatic nitrogens is 2. The van der Waals surface area contributed by atoms with Crippen molar-refractivity contribution in [2.75, 3.05) is 27.9 Å². The van der Waals surface area contributed by atoms with Crippen molar-refractivity contribution in [3.63, 3.8) is 0 Å². The number of nitrogens with one attached hydrogen (secondary N) is 1. The summed E-state index contributed by atoms with van der Waals surface area (Å²) < 4.78 is 23.2. The van der Waals surface area contributed by atoms with Crippen LogP contribution in [-0.4, -0.2) is 55.4 Å². The van der Waals surface area contributed by atoms with E-state index in [1.165, 1.54) is 21.3 Å². The molecule has 194 valence electrons. The first-order chi connectivity index (χ1) is 17.4. The molecule has 3 aromatic rings. The molecule has 0 aliphatic carbocycles. The maximum Gasteiger partial charge on any atom is 0.326 e. The number of unbranched alkanes of at least 4 members (excludes halogenated alkanes) is 2. The Morgan fingerprint density at radius 1 is 0.972 bits per heavy atom. The quantitative estimate of drug-likeness (QED) is 0.280. The SMILES string of the molecule is COc1cc(C(=O)NCCCCCc2nc3ccccc3n2CC(=O)OC(C)C)cc(OC)c1OC. The number of hydrogen-bond acceptors (Lipinski definition) is 7. The second-order valence-electron chi connectivity index (χ2n) is 8.62. The van der Waals surface area contributed by atoms with Gasteiger partial charge in [-0.05, 0) is 51.0 Å². The molecule has 0 saturated carbocycles. The van der Waals surface area contributed by atoms with Crippen LogP contribution in [0.3, 0.4) is 0 Å². The maximum atomic E-state index is 12.6. The summed E-state index contributed by atoms with van der Waals surface area (Å²) in [6.07, 6.45) is 3.15. The topological polar surface area (TPSA) is 101 Å². The molecule has 36 heavy (non-hydrogen) atoms. The zero-order chi connectivity index (χ0) is 26.1. The lowest BCUT2D eigenvalue weighted by Crippen LogP contribution is -2.24. The van der Waals surface area contributed by atoms with Gasteiger partial charge in [-0.15, -0.1) is 0 Å². The van der Waals surface area contributed by atoms with E-state index >= 15 is 0 Å². The minimum Gasteiger partial charge on any atom is -0.493 e. The van der Waals surface area contributed by atoms with E-state index < -0.39 is 0 Å². The molecular formula is C27H35N3O6. The zero-order valence-electron chi connectivity index (χ0n) is 21.6. The van der Waals surface area contributed by atoms with E-state index in [9.17, 15) is 9.59 Å². The van der Waals surface area contributed by atoms with E-state index in [0.29, 0.717) is 29.4 Å². The highest BCUT2D eigenvalue weighted by molar-refractivity contribution is 5.95. The molecule has 0 atom stereocenters. The van der Waals surface area contributed by atoms with Gasteiger partial charge in [0.05, 0.1) is 38.5 Å². The minimum absolute atomic E-state index is 0.138. The van der Waals surface area contributed by atoms with Crippen molar-refractivity contribution >= 4 is 22.9 Å². The van der Waals surface area contributed by atoms with Crippen molar-refractivity contribution in [3.8, 4) is 17.2 Å². The number of imidazole rings is 1. The lowest BCUT2D eigenvalue weighted by Gasteiger charge is -2.14. The molecule has 0 spiro atoms. The Morgan fingerprint density at radius 3 is 2.31 bits per heavy atom. The van der Waals surface area contributed by atoms with Gasteiger partial charge in [-0.1, -0.05) is 18.6 Å². The van der Waals surface area contributed by atoms with Crippen LogP contribution >= 0.6 is 0 Å². The Morgan fingerprint density at radius 2 is 1.67 bits per heavy atom. The highest BCUT2D eigenvalue weighted by Crippen LogP contribution is 2.38. The normalized spacial score (nSPS) is 10.9. The fraction of sp³-hybridized carbons (Fsp3) is 0.444. The molecule has 9 heteroatoms. The van der Waals surface area contributed by atoms with Crippen LogP contribution in [0.5, 0.6) is 17.2 Å². The minimum atomic E-state index is -0.274. The molecule has 0 fully saturated rings. The molecule has 1 heterocycles. The van der Waals surface area contributed by atoms with Crippen LogP contribution < -0.4 is 19.5 Å². The number of aryl methyl sites for hydroxylation is 1. The number of rotatable bonds is 13. The van der Waals surface area contributed by atoms with Crippen LogP contribution in [-0.2, 0) is 22.5 Å². The molecule has 2 aromatic carbocycles. The Balaban J connectivity index is 1.53. The van der Waals surface area contributed by atoms with Gasteiger partial charge < -0.3 is 28.8 Å². The van der Waals surface area contributed by atoms with Crippen LogP contribution in [0.2, 0.25) is 0 Å². The molecule has 3 rings (SSSR count). The molecular weight excluding hydrogens is 462 g/mol. The third kappa shape index (κ3) is 6.68. The zero-order valence-corrected chi connectivity index (χ0v) is 21.6. The smallest absolute Gasteiger partial charge is 0.326 e. The Hall–Kier alpha value is -3.75. The summed E-state index contributed by atoms with van der Waals surface area (Å²) in [5, 5.41) is 2.94. The second-order valence-corrected chi connectivity index (χ2v) is 8.62. The summed E-state index contributed by atoms with van der Waals surface area (Å²) in [5.41, 5.74) is 2.22. The third-order valence-corrected chi connectivity index (χ3v) is 5.68. The molecule has 9 nitrogen and oxygen atoms in total. The molecule has 0 radical (unpaired) electrons. The van der Waals surface area contributed by atoms with E-state index in [0.717, 1.165) is 42.5 Å². The lowest BCUT2D eigenvalue weighted by molar-refractivity contribution is -0.148. The van der Waals surface area contributed by atoms with Crippen LogP contribution in [0.1, 0.15) is 49.3 Å². The van der Waals surface area contributed by atoms with Gasteiger partial charge in [0.1, 0.15) is 12.4 Å². The number of methoxy groups -OCH3 is 3. The number of para-hydroxylation sites is 2. The van der Waals surface area contributed by atoms with Gasteiger partial charge >= 0.3 is 5.97 Å². The van der Waals surface area contributed by atoms with Gasteiger partial charge in [0.2, 0.25) is 5.75 Å². The maximum absolute atomic E-state index is 12.6. The Labute approximate surface area is 211 Å².